The molecule has 3 aliphatic carbocycles. The molecule has 1 aromatic carbocycles. The molecule has 3 saturated carbocycles. The topological polar surface area (TPSA) is 79.5 Å². The number of ether oxygens (including phenoxy) is 1. The smallest absolute Gasteiger partial charge is 0.258 e. The Balaban J connectivity index is 1.27. The first-order valence-electron chi connectivity index (χ1n) is 10.9. The van der Waals surface area contributed by atoms with Gasteiger partial charge in [0.1, 0.15) is 23.8 Å². The molecular formula is C22H28ClF2N3O3. The summed E-state index contributed by atoms with van der Waals surface area (Å²) < 4.78 is 33.1. The molecular weight excluding hydrogens is 428 g/mol. The minimum Gasteiger partial charge on any atom is -0.484 e. The molecule has 5 unspecified atom stereocenters. The quantitative estimate of drug-likeness (QED) is 0.616. The van der Waals surface area contributed by atoms with Gasteiger partial charge in [0, 0.05) is 24.2 Å². The lowest BCUT2D eigenvalue weighted by Gasteiger charge is -2.51. The maximum Gasteiger partial charge on any atom is 0.258 e. The lowest BCUT2D eigenvalue weighted by atomic mass is 9.60. The van der Waals surface area contributed by atoms with Gasteiger partial charge in [-0.3, -0.25) is 9.59 Å². The van der Waals surface area contributed by atoms with E-state index in [2.05, 4.69) is 16.0 Å². The highest BCUT2D eigenvalue weighted by Gasteiger charge is 2.47. The molecule has 0 aromatic heterocycles. The van der Waals surface area contributed by atoms with Gasteiger partial charge in [-0.2, -0.15) is 0 Å². The van der Waals surface area contributed by atoms with Crippen LogP contribution in [0.4, 0.5) is 8.78 Å². The molecule has 2 amide bonds. The van der Waals surface area contributed by atoms with Gasteiger partial charge >= 0.3 is 0 Å². The number of rotatable bonds is 6. The number of fused-ring (bicyclic) bond motifs is 2. The average molecular weight is 456 g/mol. The van der Waals surface area contributed by atoms with Crippen LogP contribution in [-0.4, -0.2) is 48.8 Å². The van der Waals surface area contributed by atoms with Crippen molar-refractivity contribution in [3.8, 4) is 5.75 Å². The van der Waals surface area contributed by atoms with Crippen LogP contribution in [0.5, 0.6) is 5.75 Å². The zero-order valence-corrected chi connectivity index (χ0v) is 18.1. The van der Waals surface area contributed by atoms with Crippen LogP contribution in [0.3, 0.4) is 0 Å². The number of hydrogen-bond donors (Lipinski definition) is 3. The molecule has 1 aliphatic heterocycles. The number of alkyl halides is 1. The number of piperidine rings is 1. The lowest BCUT2D eigenvalue weighted by molar-refractivity contribution is -0.129. The van der Waals surface area contributed by atoms with Crippen LogP contribution >= 0.6 is 11.6 Å². The molecule has 3 N–H and O–H groups in total. The molecule has 0 spiro atoms. The van der Waals surface area contributed by atoms with E-state index in [0.717, 1.165) is 25.3 Å². The molecule has 5 atom stereocenters. The minimum absolute atomic E-state index is 0.0106. The van der Waals surface area contributed by atoms with E-state index < -0.39 is 18.0 Å². The van der Waals surface area contributed by atoms with Crippen molar-refractivity contribution in [1.82, 2.24) is 16.0 Å². The van der Waals surface area contributed by atoms with E-state index in [1.807, 2.05) is 6.92 Å². The Hall–Kier alpha value is -1.93. The summed E-state index contributed by atoms with van der Waals surface area (Å²) in [4.78, 5) is 25.0. The van der Waals surface area contributed by atoms with Crippen molar-refractivity contribution in [2.45, 2.75) is 69.4 Å². The molecule has 1 saturated heterocycles. The predicted octanol–water partition coefficient (Wildman–Crippen LogP) is 2.74. The van der Waals surface area contributed by atoms with Gasteiger partial charge in [-0.25, -0.2) is 8.78 Å². The number of halogens is 3. The monoisotopic (exact) mass is 455 g/mol. The van der Waals surface area contributed by atoms with E-state index in [1.165, 1.54) is 12.1 Å². The molecule has 0 radical (unpaired) electrons. The van der Waals surface area contributed by atoms with Gasteiger partial charge in [-0.15, -0.1) is 0 Å². The van der Waals surface area contributed by atoms with Gasteiger partial charge in [0.05, 0.1) is 5.02 Å². The Morgan fingerprint density at radius 1 is 1.16 bits per heavy atom. The van der Waals surface area contributed by atoms with Crippen molar-refractivity contribution in [2.24, 2.45) is 11.8 Å². The first-order valence-corrected chi connectivity index (χ1v) is 11.3. The van der Waals surface area contributed by atoms with Gasteiger partial charge in [0.25, 0.3) is 5.91 Å². The second-order valence-electron chi connectivity index (χ2n) is 9.02. The largest absolute Gasteiger partial charge is 0.484 e. The second-order valence-corrected chi connectivity index (χ2v) is 9.43. The summed E-state index contributed by atoms with van der Waals surface area (Å²) >= 11 is 5.64. The summed E-state index contributed by atoms with van der Waals surface area (Å²) in [6.07, 6.45) is 2.39. The third kappa shape index (κ3) is 5.12. The first-order chi connectivity index (χ1) is 14.8. The molecule has 170 valence electrons. The first kappa shape index (κ1) is 22.3. The van der Waals surface area contributed by atoms with Crippen LogP contribution in [0.15, 0.2) is 18.2 Å². The number of hydrogen-bond acceptors (Lipinski definition) is 4. The van der Waals surface area contributed by atoms with Gasteiger partial charge in [0.15, 0.2) is 6.61 Å². The SMILES string of the molecule is CC1CCC(F)C(C(=O)NC2CC(NC(=O)COc3ccc(Cl)c(F)c3)C3CC2C3)N1. The highest BCUT2D eigenvalue weighted by molar-refractivity contribution is 6.30. The average Bonchev–Trinajstić information content (AvgIpc) is 2.69. The van der Waals surface area contributed by atoms with Crippen LogP contribution in [0, 0.1) is 17.7 Å². The van der Waals surface area contributed by atoms with Gasteiger partial charge in [-0.1, -0.05) is 11.6 Å². The van der Waals surface area contributed by atoms with E-state index in [0.29, 0.717) is 24.7 Å². The molecule has 6 nitrogen and oxygen atoms in total. The van der Waals surface area contributed by atoms with E-state index in [-0.39, 0.29) is 47.3 Å². The van der Waals surface area contributed by atoms with E-state index in [1.54, 1.807) is 0 Å². The predicted molar refractivity (Wildman–Crippen MR) is 112 cm³/mol. The number of nitrogens with one attached hydrogen (secondary N) is 3. The highest BCUT2D eigenvalue weighted by atomic mass is 35.5. The number of amides is 2. The van der Waals surface area contributed by atoms with Crippen molar-refractivity contribution in [2.75, 3.05) is 6.61 Å². The lowest BCUT2D eigenvalue weighted by Crippen LogP contribution is -2.63. The van der Waals surface area contributed by atoms with Gasteiger partial charge in [-0.05, 0) is 63.0 Å². The maximum absolute atomic E-state index is 14.2. The normalized spacial score (nSPS) is 34.4. The molecule has 31 heavy (non-hydrogen) atoms. The van der Waals surface area contributed by atoms with Crippen LogP contribution < -0.4 is 20.7 Å². The minimum atomic E-state index is -1.18. The maximum atomic E-state index is 14.2. The summed E-state index contributed by atoms with van der Waals surface area (Å²) in [5.74, 6) is -0.242. The zero-order chi connectivity index (χ0) is 22.1. The number of carbonyl (C=O) groups excluding carboxylic acids is 2. The van der Waals surface area contributed by atoms with Crippen LogP contribution in [0.2, 0.25) is 5.02 Å². The van der Waals surface area contributed by atoms with Crippen LogP contribution in [0.25, 0.3) is 0 Å². The van der Waals surface area contributed by atoms with E-state index in [9.17, 15) is 18.4 Å². The Kier molecular flexibility index (Phi) is 6.67. The molecule has 9 heteroatoms. The standard InChI is InChI=1S/C22H28ClF2N3O3/c1-11-2-5-16(24)21(26-11)22(30)28-19-9-18(12-6-13(19)7-12)27-20(29)10-31-14-3-4-15(23)17(25)8-14/h3-4,8,11-13,16,18-19,21,26H,2,5-7,9-10H2,1H3,(H,27,29)(H,28,30). The molecule has 4 aliphatic rings. The fourth-order valence-electron chi connectivity index (χ4n) is 4.92. The molecule has 1 aromatic rings. The molecule has 4 fully saturated rings. The third-order valence-electron chi connectivity index (χ3n) is 6.78. The summed E-state index contributed by atoms with van der Waals surface area (Å²) in [5, 5.41) is 9.05. The number of benzene rings is 1. The van der Waals surface area contributed by atoms with Crippen molar-refractivity contribution < 1.29 is 23.1 Å². The van der Waals surface area contributed by atoms with E-state index in [4.69, 9.17) is 16.3 Å². The Morgan fingerprint density at radius 3 is 2.58 bits per heavy atom. The summed E-state index contributed by atoms with van der Waals surface area (Å²) in [7, 11) is 0. The van der Waals surface area contributed by atoms with Crippen molar-refractivity contribution >= 4 is 23.4 Å². The fraction of sp³-hybridized carbons (Fsp3) is 0.636. The Bertz CT molecular complexity index is 836. The van der Waals surface area contributed by atoms with Gasteiger partial charge < -0.3 is 20.7 Å². The van der Waals surface area contributed by atoms with Crippen LogP contribution in [0.1, 0.15) is 39.0 Å². The van der Waals surface area contributed by atoms with Crippen molar-refractivity contribution in [1.29, 1.82) is 0 Å². The summed E-state index contributed by atoms with van der Waals surface area (Å²) in [5.41, 5.74) is 0. The Labute approximate surface area is 185 Å². The third-order valence-corrected chi connectivity index (χ3v) is 7.08. The molecule has 5 rings (SSSR count). The summed E-state index contributed by atoms with van der Waals surface area (Å²) in [6, 6.07) is 3.15. The van der Waals surface area contributed by atoms with Crippen molar-refractivity contribution in [3.05, 3.63) is 29.0 Å². The van der Waals surface area contributed by atoms with Gasteiger partial charge in [0.2, 0.25) is 5.91 Å². The second kappa shape index (κ2) is 9.28. The number of carbonyl (C=O) groups is 2. The Morgan fingerprint density at radius 2 is 1.87 bits per heavy atom. The fourth-order valence-corrected chi connectivity index (χ4v) is 5.04. The molecule has 1 heterocycles. The highest BCUT2D eigenvalue weighted by Crippen LogP contribution is 2.45. The van der Waals surface area contributed by atoms with Crippen molar-refractivity contribution in [3.63, 3.8) is 0 Å². The molecule has 2 bridgehead atoms. The summed E-state index contributed by atoms with van der Waals surface area (Å²) in [6.45, 7) is 1.72. The van der Waals surface area contributed by atoms with Crippen LogP contribution in [-0.2, 0) is 9.59 Å². The van der Waals surface area contributed by atoms with E-state index >= 15 is 0 Å². The zero-order valence-electron chi connectivity index (χ0n) is 17.4.